The maximum Gasteiger partial charge on any atom is 0.415 e. The quantitative estimate of drug-likeness (QED) is 0.130. The van der Waals surface area contributed by atoms with Crippen molar-refractivity contribution in [1.82, 2.24) is 24.3 Å². The molecule has 4 heterocycles. The van der Waals surface area contributed by atoms with Crippen LogP contribution < -0.4 is 19.8 Å². The summed E-state index contributed by atoms with van der Waals surface area (Å²) in [6.07, 6.45) is 2.89. The number of carbonyl (C=O) groups is 1. The third-order valence-electron chi connectivity index (χ3n) is 7.31. The number of amides is 1. The Balaban J connectivity index is 1.35. The van der Waals surface area contributed by atoms with Crippen molar-refractivity contribution in [2.75, 3.05) is 46.8 Å². The number of hydrogen-bond acceptors (Lipinski definition) is 11. The Morgan fingerprint density at radius 1 is 1.02 bits per heavy atom. The zero-order valence-electron chi connectivity index (χ0n) is 24.5. The van der Waals surface area contributed by atoms with E-state index in [1.807, 2.05) is 49.3 Å². The van der Waals surface area contributed by atoms with Crippen molar-refractivity contribution in [3.8, 4) is 17.2 Å². The van der Waals surface area contributed by atoms with Gasteiger partial charge in [-0.3, -0.25) is 9.78 Å². The number of rotatable bonds is 10. The summed E-state index contributed by atoms with van der Waals surface area (Å²) in [4.78, 5) is 39.6. The van der Waals surface area contributed by atoms with Gasteiger partial charge in [-0.2, -0.15) is 0 Å². The number of ether oxygens (including phenoxy) is 3. The van der Waals surface area contributed by atoms with Gasteiger partial charge >= 0.3 is 6.09 Å². The first-order chi connectivity index (χ1) is 21.3. The Hall–Kier alpha value is -4.04. The minimum atomic E-state index is -0.583. The van der Waals surface area contributed by atoms with Crippen LogP contribution >= 0.6 is 21.6 Å². The van der Waals surface area contributed by atoms with E-state index >= 15 is 0 Å². The Kier molecular flexibility index (Phi) is 8.80. The van der Waals surface area contributed by atoms with Gasteiger partial charge in [-0.15, -0.1) is 0 Å². The second-order valence-electron chi connectivity index (χ2n) is 10.5. The highest BCUT2D eigenvalue weighted by Crippen LogP contribution is 2.39. The highest BCUT2D eigenvalue weighted by molar-refractivity contribution is 8.76. The van der Waals surface area contributed by atoms with Gasteiger partial charge in [0.05, 0.1) is 23.0 Å². The lowest BCUT2D eigenvalue weighted by Gasteiger charge is -2.20. The van der Waals surface area contributed by atoms with Crippen molar-refractivity contribution >= 4 is 60.3 Å². The number of pyridine rings is 3. The number of likely N-dealkylation sites (N-methyl/N-ethyl adjacent to an activating group) is 1. The van der Waals surface area contributed by atoms with Crippen LogP contribution in [0, 0.1) is 0 Å². The highest BCUT2D eigenvalue weighted by Gasteiger charge is 2.22. The third-order valence-corrected chi connectivity index (χ3v) is 9.56. The average Bonchev–Trinajstić information content (AvgIpc) is 3.49. The van der Waals surface area contributed by atoms with Gasteiger partial charge in [-0.1, -0.05) is 16.9 Å². The van der Waals surface area contributed by atoms with Crippen LogP contribution in [0.15, 0.2) is 64.7 Å². The molecule has 0 aliphatic carbocycles. The van der Waals surface area contributed by atoms with E-state index in [0.717, 1.165) is 15.8 Å². The minimum absolute atomic E-state index is 0.124. The molecular weight excluding hydrogens is 603 g/mol. The van der Waals surface area contributed by atoms with Gasteiger partial charge in [0.2, 0.25) is 6.79 Å². The molecule has 2 aromatic carbocycles. The summed E-state index contributed by atoms with van der Waals surface area (Å²) in [7, 11) is 8.67. The molecular formula is C31H31N5O6S2. The highest BCUT2D eigenvalue weighted by atomic mass is 33.1. The fraction of sp³-hybridized carbons (Fsp3) is 0.290. The van der Waals surface area contributed by atoms with Crippen LogP contribution in [0.4, 0.5) is 4.79 Å². The topological polar surface area (TPSA) is 119 Å². The van der Waals surface area contributed by atoms with Crippen molar-refractivity contribution in [3.63, 3.8) is 0 Å². The van der Waals surface area contributed by atoms with E-state index in [9.17, 15) is 14.7 Å². The fourth-order valence-electron chi connectivity index (χ4n) is 5.00. The van der Waals surface area contributed by atoms with E-state index in [-0.39, 0.29) is 24.7 Å². The number of hydrogen-bond donors (Lipinski definition) is 1. The molecule has 0 saturated heterocycles. The monoisotopic (exact) mass is 633 g/mol. The van der Waals surface area contributed by atoms with Gasteiger partial charge in [-0.05, 0) is 60.6 Å². The summed E-state index contributed by atoms with van der Waals surface area (Å²) in [6, 6.07) is 12.6. The summed E-state index contributed by atoms with van der Waals surface area (Å²) in [5, 5.41) is 13.6. The first-order valence-electron chi connectivity index (χ1n) is 13.9. The first kappa shape index (κ1) is 30.0. The largest absolute Gasteiger partial charge is 0.454 e. The Morgan fingerprint density at radius 2 is 1.84 bits per heavy atom. The standard InChI is InChI=1S/C31H31N5O6S2/c1-34(2)8-9-36-29-22-14-26-27(41-18-40-26)15-24(22)33-16-23(29)20-12-19(17-37)25(13-21(20)30(36)38)42-31(39)35(3)10-11-43-44-28-6-4-5-7-32-28/h4-7,12-16,37H,8-11,17-18H2,1-3H3. The summed E-state index contributed by atoms with van der Waals surface area (Å²) in [6.45, 7) is 1.21. The van der Waals surface area contributed by atoms with Crippen LogP contribution in [0.1, 0.15) is 5.56 Å². The molecule has 0 atom stereocenters. The van der Waals surface area contributed by atoms with Gasteiger partial charge in [0.1, 0.15) is 10.8 Å². The predicted octanol–water partition coefficient (Wildman–Crippen LogP) is 4.75. The lowest BCUT2D eigenvalue weighted by molar-refractivity contribution is 0.164. The van der Waals surface area contributed by atoms with E-state index in [2.05, 4.69) is 9.97 Å². The van der Waals surface area contributed by atoms with Gasteiger partial charge in [0.25, 0.3) is 5.56 Å². The smallest absolute Gasteiger partial charge is 0.415 e. The molecule has 0 unspecified atom stereocenters. The van der Waals surface area contributed by atoms with E-state index in [1.54, 1.807) is 46.9 Å². The molecule has 0 radical (unpaired) electrons. The van der Waals surface area contributed by atoms with E-state index in [1.165, 1.54) is 15.7 Å². The molecule has 13 heteroatoms. The maximum absolute atomic E-state index is 14.1. The molecule has 1 aliphatic heterocycles. The summed E-state index contributed by atoms with van der Waals surface area (Å²) in [5.74, 6) is 1.99. The second kappa shape index (κ2) is 12.9. The molecule has 0 bridgehead atoms. The summed E-state index contributed by atoms with van der Waals surface area (Å²) < 4.78 is 18.7. The molecule has 11 nitrogen and oxygen atoms in total. The van der Waals surface area contributed by atoms with Crippen LogP contribution in [0.5, 0.6) is 17.2 Å². The van der Waals surface area contributed by atoms with E-state index in [4.69, 9.17) is 14.2 Å². The van der Waals surface area contributed by atoms with E-state index < -0.39 is 6.09 Å². The number of aliphatic hydroxyl groups is 1. The second-order valence-corrected chi connectivity index (χ2v) is 13.0. The normalized spacial score (nSPS) is 12.5. The van der Waals surface area contributed by atoms with E-state index in [0.29, 0.717) is 64.3 Å². The molecule has 1 aliphatic rings. The van der Waals surface area contributed by atoms with Gasteiger partial charge in [-0.25, -0.2) is 9.78 Å². The number of fused-ring (bicyclic) bond motifs is 6. The van der Waals surface area contributed by atoms with Crippen LogP contribution in [-0.4, -0.2) is 82.3 Å². The first-order valence-corrected chi connectivity index (χ1v) is 16.3. The molecule has 0 fully saturated rings. The van der Waals surface area contributed by atoms with Crippen LogP contribution in [0.25, 0.3) is 32.6 Å². The average molecular weight is 634 g/mol. The molecule has 1 amide bonds. The lowest BCUT2D eigenvalue weighted by atomic mass is 10.0. The van der Waals surface area contributed by atoms with Crippen LogP contribution in [-0.2, 0) is 13.2 Å². The van der Waals surface area contributed by atoms with Crippen molar-refractivity contribution < 1.29 is 24.1 Å². The SMILES string of the molecule is CN(C)CCn1c(=O)c2cc(OC(=O)N(C)CCSSc3ccccn3)c(CO)cc2c2cnc3cc4c(cc3c21)OCO4. The van der Waals surface area contributed by atoms with Crippen LogP contribution in [0.2, 0.25) is 0 Å². The number of carbonyl (C=O) groups excluding carboxylic acids is 1. The Bertz CT molecular complexity index is 1920. The third kappa shape index (κ3) is 6.00. The van der Waals surface area contributed by atoms with Gasteiger partial charge in [0, 0.05) is 67.2 Å². The van der Waals surface area contributed by atoms with Crippen molar-refractivity contribution in [1.29, 1.82) is 0 Å². The Morgan fingerprint density at radius 3 is 2.59 bits per heavy atom. The van der Waals surface area contributed by atoms with Gasteiger partial charge in [0.15, 0.2) is 11.5 Å². The number of aliphatic hydroxyl groups excluding tert-OH is 1. The number of aromatic nitrogens is 3. The molecule has 44 heavy (non-hydrogen) atoms. The lowest BCUT2D eigenvalue weighted by Crippen LogP contribution is -2.32. The minimum Gasteiger partial charge on any atom is -0.454 e. The van der Waals surface area contributed by atoms with Crippen molar-refractivity contribution in [3.05, 3.63) is 70.8 Å². The molecule has 1 N–H and O–H groups in total. The molecule has 0 spiro atoms. The predicted molar refractivity (Wildman–Crippen MR) is 173 cm³/mol. The zero-order valence-corrected chi connectivity index (χ0v) is 26.1. The molecule has 6 rings (SSSR count). The van der Waals surface area contributed by atoms with Crippen LogP contribution in [0.3, 0.4) is 0 Å². The Labute approximate surface area is 261 Å². The van der Waals surface area contributed by atoms with Gasteiger partial charge < -0.3 is 33.7 Å². The molecule has 5 aromatic rings. The number of benzene rings is 2. The van der Waals surface area contributed by atoms with Crippen molar-refractivity contribution in [2.24, 2.45) is 0 Å². The fourth-order valence-corrected chi connectivity index (χ4v) is 6.92. The maximum atomic E-state index is 14.1. The number of nitrogens with zero attached hydrogens (tertiary/aromatic N) is 5. The molecule has 228 valence electrons. The molecule has 3 aromatic heterocycles. The zero-order chi connectivity index (χ0) is 30.8. The van der Waals surface area contributed by atoms with Crippen molar-refractivity contribution in [2.45, 2.75) is 18.2 Å². The summed E-state index contributed by atoms with van der Waals surface area (Å²) >= 11 is 0. The molecule has 0 saturated carbocycles. The summed E-state index contributed by atoms with van der Waals surface area (Å²) in [5.41, 5.74) is 1.53.